The lowest BCUT2D eigenvalue weighted by Crippen LogP contribution is -2.07. The Morgan fingerprint density at radius 2 is 2.50 bits per heavy atom. The van der Waals surface area contributed by atoms with Crippen LogP contribution in [0.25, 0.3) is 0 Å². The van der Waals surface area contributed by atoms with Gasteiger partial charge in [-0.2, -0.15) is 4.98 Å². The molecular weight excluding hydrogens is 265 g/mol. The van der Waals surface area contributed by atoms with Crippen LogP contribution in [0.5, 0.6) is 0 Å². The van der Waals surface area contributed by atoms with Gasteiger partial charge >= 0.3 is 0 Å². The zero-order chi connectivity index (χ0) is 10.1. The molecule has 0 saturated heterocycles. The van der Waals surface area contributed by atoms with E-state index in [1.54, 1.807) is 6.20 Å². The van der Waals surface area contributed by atoms with Gasteiger partial charge in [-0.3, -0.25) is 0 Å². The molecule has 1 N–H and O–H groups in total. The van der Waals surface area contributed by atoms with Crippen LogP contribution < -0.4 is 5.32 Å². The normalized spacial score (nSPS) is 24.8. The van der Waals surface area contributed by atoms with Crippen LogP contribution in [0.3, 0.4) is 0 Å². The highest BCUT2D eigenvalue weighted by molar-refractivity contribution is 9.10. The minimum Gasteiger partial charge on any atom is -0.366 e. The third kappa shape index (κ3) is 2.17. The molecule has 1 fully saturated rings. The number of hydrogen-bond donors (Lipinski definition) is 1. The lowest BCUT2D eigenvalue weighted by molar-refractivity contribution is 0.773. The first-order valence-electron chi connectivity index (χ1n) is 4.65. The van der Waals surface area contributed by atoms with Gasteiger partial charge in [-0.15, -0.1) is 0 Å². The third-order valence-electron chi connectivity index (χ3n) is 2.48. The van der Waals surface area contributed by atoms with Crippen molar-refractivity contribution in [2.45, 2.75) is 25.8 Å². The lowest BCUT2D eigenvalue weighted by atomic mass is 10.3. The molecule has 1 saturated carbocycles. The Kier molecular flexibility index (Phi) is 2.93. The molecule has 0 radical (unpaired) electrons. The Morgan fingerprint density at radius 3 is 3.14 bits per heavy atom. The minimum absolute atomic E-state index is 0.282. The van der Waals surface area contributed by atoms with Gasteiger partial charge in [0.25, 0.3) is 0 Å². The molecule has 1 heterocycles. The van der Waals surface area contributed by atoms with Crippen LogP contribution in [0.4, 0.5) is 5.82 Å². The highest BCUT2D eigenvalue weighted by atomic mass is 79.9. The number of anilines is 1. The first-order chi connectivity index (χ1) is 6.70. The number of rotatable bonds is 3. The van der Waals surface area contributed by atoms with Gasteiger partial charge in [-0.1, -0.05) is 13.3 Å². The fourth-order valence-corrected chi connectivity index (χ4v) is 1.94. The van der Waals surface area contributed by atoms with Crippen molar-refractivity contribution in [3.8, 4) is 0 Å². The number of hydrogen-bond acceptors (Lipinski definition) is 3. The van der Waals surface area contributed by atoms with E-state index in [1.807, 2.05) is 0 Å². The predicted molar refractivity (Wildman–Crippen MR) is 60.6 cm³/mol. The average molecular weight is 277 g/mol. The van der Waals surface area contributed by atoms with Gasteiger partial charge in [0.05, 0.1) is 4.47 Å². The highest BCUT2D eigenvalue weighted by Crippen LogP contribution is 2.37. The zero-order valence-electron chi connectivity index (χ0n) is 7.80. The summed E-state index contributed by atoms with van der Waals surface area (Å²) in [6.45, 7) is 2.20. The second kappa shape index (κ2) is 4.03. The number of aromatic nitrogens is 2. The van der Waals surface area contributed by atoms with Gasteiger partial charge in [-0.25, -0.2) is 4.98 Å². The van der Waals surface area contributed by atoms with E-state index in [2.05, 4.69) is 38.1 Å². The van der Waals surface area contributed by atoms with Crippen LogP contribution in [-0.2, 0) is 0 Å². The standard InChI is InChI=1S/C9H11BrClN3/c1-2-5-3-7(5)13-8-6(10)4-12-9(11)14-8/h4-5,7H,2-3H2,1H3,(H,12,13,14). The quantitative estimate of drug-likeness (QED) is 0.862. The first kappa shape index (κ1) is 10.2. The molecule has 2 atom stereocenters. The van der Waals surface area contributed by atoms with E-state index >= 15 is 0 Å². The van der Waals surface area contributed by atoms with Crippen molar-refractivity contribution in [1.82, 2.24) is 9.97 Å². The fraction of sp³-hybridized carbons (Fsp3) is 0.556. The minimum atomic E-state index is 0.282. The van der Waals surface area contributed by atoms with Crippen molar-refractivity contribution in [3.63, 3.8) is 0 Å². The largest absolute Gasteiger partial charge is 0.366 e. The van der Waals surface area contributed by atoms with Gasteiger partial charge < -0.3 is 5.32 Å². The Hall–Kier alpha value is -0.350. The molecule has 0 bridgehead atoms. The summed E-state index contributed by atoms with van der Waals surface area (Å²) in [5.41, 5.74) is 0. The Morgan fingerprint density at radius 1 is 1.71 bits per heavy atom. The van der Waals surface area contributed by atoms with Crippen LogP contribution in [0.15, 0.2) is 10.7 Å². The van der Waals surface area contributed by atoms with E-state index in [1.165, 1.54) is 12.8 Å². The second-order valence-corrected chi connectivity index (χ2v) is 4.68. The molecule has 14 heavy (non-hydrogen) atoms. The highest BCUT2D eigenvalue weighted by Gasteiger charge is 2.35. The lowest BCUT2D eigenvalue weighted by Gasteiger charge is -2.06. The molecule has 0 aromatic carbocycles. The average Bonchev–Trinajstić information content (AvgIpc) is 2.90. The van der Waals surface area contributed by atoms with Crippen molar-refractivity contribution in [3.05, 3.63) is 16.0 Å². The monoisotopic (exact) mass is 275 g/mol. The SMILES string of the molecule is CCC1CC1Nc1nc(Cl)ncc1Br. The summed E-state index contributed by atoms with van der Waals surface area (Å²) in [7, 11) is 0. The molecule has 2 unspecified atom stereocenters. The van der Waals surface area contributed by atoms with Crippen LogP contribution in [-0.4, -0.2) is 16.0 Å². The summed E-state index contributed by atoms with van der Waals surface area (Å²) >= 11 is 9.09. The smallest absolute Gasteiger partial charge is 0.224 e. The summed E-state index contributed by atoms with van der Waals surface area (Å²) < 4.78 is 0.864. The summed E-state index contributed by atoms with van der Waals surface area (Å²) in [6.07, 6.45) is 4.11. The molecule has 1 aliphatic rings. The third-order valence-corrected chi connectivity index (χ3v) is 3.25. The molecule has 0 aliphatic heterocycles. The van der Waals surface area contributed by atoms with Crippen LogP contribution in [0, 0.1) is 5.92 Å². The molecule has 1 aromatic heterocycles. The second-order valence-electron chi connectivity index (χ2n) is 3.49. The first-order valence-corrected chi connectivity index (χ1v) is 5.82. The van der Waals surface area contributed by atoms with Gasteiger partial charge in [0.15, 0.2) is 0 Å². The molecule has 5 heteroatoms. The molecule has 76 valence electrons. The van der Waals surface area contributed by atoms with Crippen molar-refractivity contribution in [2.75, 3.05) is 5.32 Å². The number of nitrogens with one attached hydrogen (secondary N) is 1. The van der Waals surface area contributed by atoms with Crippen LogP contribution in [0.2, 0.25) is 5.28 Å². The van der Waals surface area contributed by atoms with Crippen molar-refractivity contribution < 1.29 is 0 Å². The fourth-order valence-electron chi connectivity index (χ4n) is 1.50. The maximum atomic E-state index is 5.71. The van der Waals surface area contributed by atoms with E-state index in [0.29, 0.717) is 6.04 Å². The maximum Gasteiger partial charge on any atom is 0.224 e. The number of nitrogens with zero attached hydrogens (tertiary/aromatic N) is 2. The zero-order valence-corrected chi connectivity index (χ0v) is 10.1. The molecule has 0 amide bonds. The molecule has 1 aliphatic carbocycles. The summed E-state index contributed by atoms with van der Waals surface area (Å²) in [5.74, 6) is 1.58. The molecule has 0 spiro atoms. The van der Waals surface area contributed by atoms with Crippen molar-refractivity contribution in [1.29, 1.82) is 0 Å². The maximum absolute atomic E-state index is 5.71. The van der Waals surface area contributed by atoms with E-state index in [-0.39, 0.29) is 5.28 Å². The van der Waals surface area contributed by atoms with Gasteiger partial charge in [-0.05, 0) is 39.9 Å². The van der Waals surface area contributed by atoms with E-state index in [4.69, 9.17) is 11.6 Å². The summed E-state index contributed by atoms with van der Waals surface area (Å²) in [6, 6.07) is 0.558. The van der Waals surface area contributed by atoms with Gasteiger partial charge in [0, 0.05) is 12.2 Å². The Bertz CT molecular complexity index is 345. The number of halogens is 2. The van der Waals surface area contributed by atoms with Crippen LogP contribution in [0.1, 0.15) is 19.8 Å². The Balaban J connectivity index is 2.06. The summed E-state index contributed by atoms with van der Waals surface area (Å²) in [5, 5.41) is 3.63. The molecular formula is C9H11BrClN3. The van der Waals surface area contributed by atoms with Crippen LogP contribution >= 0.6 is 27.5 Å². The van der Waals surface area contributed by atoms with E-state index < -0.39 is 0 Å². The predicted octanol–water partition coefficient (Wildman–Crippen LogP) is 3.10. The van der Waals surface area contributed by atoms with E-state index in [9.17, 15) is 0 Å². The van der Waals surface area contributed by atoms with Gasteiger partial charge in [0.2, 0.25) is 5.28 Å². The van der Waals surface area contributed by atoms with Crippen molar-refractivity contribution in [2.24, 2.45) is 5.92 Å². The van der Waals surface area contributed by atoms with Gasteiger partial charge in [0.1, 0.15) is 5.82 Å². The van der Waals surface area contributed by atoms with E-state index in [0.717, 1.165) is 16.2 Å². The Labute approximate surface area is 96.4 Å². The van der Waals surface area contributed by atoms with Crippen molar-refractivity contribution >= 4 is 33.3 Å². The topological polar surface area (TPSA) is 37.8 Å². The molecule has 2 rings (SSSR count). The molecule has 3 nitrogen and oxygen atoms in total. The summed E-state index contributed by atoms with van der Waals surface area (Å²) in [4.78, 5) is 7.99. The molecule has 1 aromatic rings.